The van der Waals surface area contributed by atoms with Gasteiger partial charge in [0, 0.05) is 13.0 Å². The van der Waals surface area contributed by atoms with Crippen molar-refractivity contribution in [3.63, 3.8) is 0 Å². The van der Waals surface area contributed by atoms with E-state index in [0.717, 1.165) is 11.1 Å². The molecule has 0 saturated carbocycles. The Hall–Kier alpha value is -2.93. The van der Waals surface area contributed by atoms with E-state index in [9.17, 15) is 15.0 Å². The highest BCUT2D eigenvalue weighted by Crippen LogP contribution is 2.26. The van der Waals surface area contributed by atoms with Gasteiger partial charge in [-0.25, -0.2) is 4.98 Å². The van der Waals surface area contributed by atoms with Gasteiger partial charge in [-0.2, -0.15) is 16.3 Å². The second kappa shape index (κ2) is 7.10. The van der Waals surface area contributed by atoms with Crippen molar-refractivity contribution in [3.8, 4) is 11.6 Å². The van der Waals surface area contributed by atoms with Crippen molar-refractivity contribution in [1.29, 1.82) is 0 Å². The summed E-state index contributed by atoms with van der Waals surface area (Å²) in [4.78, 5) is 20.2. The molecule has 6 nitrogen and oxygen atoms in total. The first-order chi connectivity index (χ1) is 11.6. The van der Waals surface area contributed by atoms with Crippen molar-refractivity contribution in [2.24, 2.45) is 0 Å². The Balaban J connectivity index is 1.78. The topological polar surface area (TPSA) is 95.3 Å². The fourth-order valence-corrected chi connectivity index (χ4v) is 2.83. The largest absolute Gasteiger partial charge is 0.501 e. The molecule has 3 aromatic rings. The van der Waals surface area contributed by atoms with Gasteiger partial charge in [0.2, 0.25) is 5.75 Å². The van der Waals surface area contributed by atoms with Crippen molar-refractivity contribution >= 4 is 17.2 Å². The van der Waals surface area contributed by atoms with Crippen LogP contribution in [-0.4, -0.2) is 26.1 Å². The maximum absolute atomic E-state index is 12.3. The van der Waals surface area contributed by atoms with Crippen LogP contribution in [0.2, 0.25) is 0 Å². The smallest absolute Gasteiger partial charge is 0.274 e. The molecule has 24 heavy (non-hydrogen) atoms. The third-order valence-electron chi connectivity index (χ3n) is 3.37. The number of benzene rings is 1. The molecule has 1 aromatic carbocycles. The van der Waals surface area contributed by atoms with E-state index in [1.54, 1.807) is 0 Å². The molecule has 0 aliphatic rings. The lowest BCUT2D eigenvalue weighted by Gasteiger charge is -2.09. The van der Waals surface area contributed by atoms with E-state index in [1.165, 1.54) is 11.3 Å². The van der Waals surface area contributed by atoms with Gasteiger partial charge in [-0.05, 0) is 28.0 Å². The number of thiophene rings is 1. The van der Waals surface area contributed by atoms with Crippen LogP contribution in [0.4, 0.5) is 0 Å². The van der Waals surface area contributed by atoms with Gasteiger partial charge in [0.1, 0.15) is 5.82 Å². The zero-order valence-electron chi connectivity index (χ0n) is 12.6. The molecule has 122 valence electrons. The predicted molar refractivity (Wildman–Crippen MR) is 90.1 cm³/mol. The molecule has 0 spiro atoms. The predicted octanol–water partition coefficient (Wildman–Crippen LogP) is 2.47. The SMILES string of the molecule is O=C(NCc1ccccc1)c1nc(Cc2ccsc2)nc(O)c1O. The summed E-state index contributed by atoms with van der Waals surface area (Å²) in [6.07, 6.45) is 0.371. The van der Waals surface area contributed by atoms with Crippen LogP contribution in [-0.2, 0) is 13.0 Å². The summed E-state index contributed by atoms with van der Waals surface area (Å²) in [5.41, 5.74) is 1.66. The molecular weight excluding hydrogens is 326 g/mol. The van der Waals surface area contributed by atoms with Gasteiger partial charge in [-0.3, -0.25) is 4.79 Å². The molecule has 3 N–H and O–H groups in total. The molecule has 2 heterocycles. The third-order valence-corrected chi connectivity index (χ3v) is 4.10. The second-order valence-corrected chi connectivity index (χ2v) is 5.92. The molecular formula is C17H15N3O3S. The molecule has 0 aliphatic carbocycles. The molecule has 7 heteroatoms. The van der Waals surface area contributed by atoms with Crippen molar-refractivity contribution in [2.45, 2.75) is 13.0 Å². The highest BCUT2D eigenvalue weighted by atomic mass is 32.1. The lowest BCUT2D eigenvalue weighted by Crippen LogP contribution is -2.24. The zero-order chi connectivity index (χ0) is 16.9. The van der Waals surface area contributed by atoms with Crippen LogP contribution in [0, 0.1) is 0 Å². The standard InChI is InChI=1S/C17H15N3O3S/c21-15-14(16(22)18-9-11-4-2-1-3-5-11)19-13(20-17(15)23)8-12-6-7-24-10-12/h1-7,10,21H,8-9H2,(H,18,22)(H,19,20,23). The lowest BCUT2D eigenvalue weighted by molar-refractivity contribution is 0.0941. The minimum absolute atomic E-state index is 0.233. The van der Waals surface area contributed by atoms with E-state index in [-0.39, 0.29) is 11.5 Å². The first kappa shape index (κ1) is 15.9. The van der Waals surface area contributed by atoms with E-state index in [0.29, 0.717) is 13.0 Å². The summed E-state index contributed by atoms with van der Waals surface area (Å²) in [7, 11) is 0. The van der Waals surface area contributed by atoms with E-state index < -0.39 is 17.5 Å². The van der Waals surface area contributed by atoms with Crippen LogP contribution in [0.1, 0.15) is 27.4 Å². The van der Waals surface area contributed by atoms with Gasteiger partial charge in [0.15, 0.2) is 5.69 Å². The van der Waals surface area contributed by atoms with E-state index in [4.69, 9.17) is 0 Å². The van der Waals surface area contributed by atoms with Crippen LogP contribution in [0.3, 0.4) is 0 Å². The monoisotopic (exact) mass is 341 g/mol. The molecule has 0 radical (unpaired) electrons. The lowest BCUT2D eigenvalue weighted by atomic mass is 10.2. The number of nitrogens with zero attached hydrogens (tertiary/aromatic N) is 2. The summed E-state index contributed by atoms with van der Waals surface area (Å²) in [5, 5.41) is 26.2. The highest BCUT2D eigenvalue weighted by molar-refractivity contribution is 7.07. The summed E-state index contributed by atoms with van der Waals surface area (Å²) in [6.45, 7) is 0.295. The minimum atomic E-state index is -0.616. The molecule has 0 fully saturated rings. The molecule has 0 aliphatic heterocycles. The van der Waals surface area contributed by atoms with Gasteiger partial charge in [0.05, 0.1) is 0 Å². The van der Waals surface area contributed by atoms with Crippen molar-refractivity contribution in [3.05, 3.63) is 69.8 Å². The molecule has 0 bridgehead atoms. The zero-order valence-corrected chi connectivity index (χ0v) is 13.5. The number of aromatic hydroxyl groups is 2. The summed E-state index contributed by atoms with van der Waals surface area (Å²) in [5.74, 6) is -1.51. The Labute approximate surface area is 142 Å². The van der Waals surface area contributed by atoms with Crippen LogP contribution in [0.25, 0.3) is 0 Å². The fraction of sp³-hybridized carbons (Fsp3) is 0.118. The molecule has 1 amide bonds. The van der Waals surface area contributed by atoms with Crippen LogP contribution >= 0.6 is 11.3 Å². The molecule has 0 saturated heterocycles. The van der Waals surface area contributed by atoms with Gasteiger partial charge in [-0.1, -0.05) is 30.3 Å². The Morgan fingerprint density at radius 1 is 1.08 bits per heavy atom. The second-order valence-electron chi connectivity index (χ2n) is 5.14. The Bertz CT molecular complexity index is 836. The quantitative estimate of drug-likeness (QED) is 0.663. The number of hydrogen-bond acceptors (Lipinski definition) is 6. The highest BCUT2D eigenvalue weighted by Gasteiger charge is 2.19. The summed E-state index contributed by atoms with van der Waals surface area (Å²) < 4.78 is 0. The Morgan fingerprint density at radius 2 is 1.88 bits per heavy atom. The molecule has 0 unspecified atom stereocenters. The number of rotatable bonds is 5. The maximum Gasteiger partial charge on any atom is 0.274 e. The fourth-order valence-electron chi connectivity index (χ4n) is 2.16. The van der Waals surface area contributed by atoms with Crippen molar-refractivity contribution in [2.75, 3.05) is 0 Å². The first-order valence-electron chi connectivity index (χ1n) is 7.25. The normalized spacial score (nSPS) is 10.5. The van der Waals surface area contributed by atoms with E-state index in [1.807, 2.05) is 47.2 Å². The average molecular weight is 341 g/mol. The molecule has 0 atom stereocenters. The van der Waals surface area contributed by atoms with Crippen molar-refractivity contribution < 1.29 is 15.0 Å². The van der Waals surface area contributed by atoms with Crippen LogP contribution < -0.4 is 5.32 Å². The summed E-state index contributed by atoms with van der Waals surface area (Å²) in [6, 6.07) is 11.3. The number of carbonyl (C=O) groups is 1. The molecule has 3 rings (SSSR count). The molecule has 2 aromatic heterocycles. The third kappa shape index (κ3) is 3.69. The average Bonchev–Trinajstić information content (AvgIpc) is 3.09. The minimum Gasteiger partial charge on any atom is -0.501 e. The van der Waals surface area contributed by atoms with Crippen LogP contribution in [0.15, 0.2) is 47.2 Å². The number of carbonyl (C=O) groups excluding carboxylic acids is 1. The Morgan fingerprint density at radius 3 is 2.58 bits per heavy atom. The number of aromatic nitrogens is 2. The van der Waals surface area contributed by atoms with Crippen LogP contribution in [0.5, 0.6) is 11.6 Å². The van der Waals surface area contributed by atoms with Gasteiger partial charge in [-0.15, -0.1) is 0 Å². The number of hydrogen-bond donors (Lipinski definition) is 3. The van der Waals surface area contributed by atoms with Gasteiger partial charge < -0.3 is 15.5 Å². The van der Waals surface area contributed by atoms with Crippen molar-refractivity contribution in [1.82, 2.24) is 15.3 Å². The number of amides is 1. The van der Waals surface area contributed by atoms with E-state index >= 15 is 0 Å². The summed E-state index contributed by atoms with van der Waals surface area (Å²) >= 11 is 1.54. The van der Waals surface area contributed by atoms with Gasteiger partial charge >= 0.3 is 0 Å². The number of nitrogens with one attached hydrogen (secondary N) is 1. The maximum atomic E-state index is 12.3. The van der Waals surface area contributed by atoms with Gasteiger partial charge in [0.25, 0.3) is 11.8 Å². The Kier molecular flexibility index (Phi) is 4.72. The first-order valence-corrected chi connectivity index (χ1v) is 8.20. The van der Waals surface area contributed by atoms with E-state index in [2.05, 4.69) is 15.3 Å².